The van der Waals surface area contributed by atoms with Crippen molar-refractivity contribution in [1.82, 2.24) is 0 Å². The molecule has 2 heterocycles. The average Bonchev–Trinajstić information content (AvgIpc) is 3.04. The molecule has 2 aromatic heterocycles. The number of thiophene rings is 1. The highest BCUT2D eigenvalue weighted by molar-refractivity contribution is 7.22. The van der Waals surface area contributed by atoms with E-state index in [0.717, 1.165) is 16.9 Å². The highest BCUT2D eigenvalue weighted by Crippen LogP contribution is 2.33. The van der Waals surface area contributed by atoms with Crippen LogP contribution in [0.3, 0.4) is 0 Å². The van der Waals surface area contributed by atoms with Gasteiger partial charge in [0, 0.05) is 13.1 Å². The Morgan fingerprint density at radius 3 is 2.70 bits per heavy atom. The van der Waals surface area contributed by atoms with Crippen LogP contribution < -0.4 is 20.6 Å². The number of carbonyl (C=O) groups excluding carboxylic acids is 1. The average molecular weight is 388 g/mol. The summed E-state index contributed by atoms with van der Waals surface area (Å²) in [5.74, 6) is -0.830. The Balaban J connectivity index is 1.91. The highest BCUT2D eigenvalue weighted by Gasteiger charge is 2.19. The van der Waals surface area contributed by atoms with E-state index in [1.165, 1.54) is 24.1 Å². The quantitative estimate of drug-likeness (QED) is 0.708. The Hall–Kier alpha value is -3.33. The Morgan fingerprint density at radius 2 is 2.04 bits per heavy atom. The molecular weight excluding hydrogens is 372 g/mol. The second-order valence-corrected chi connectivity index (χ2v) is 6.77. The molecule has 0 unspecified atom stereocenters. The highest BCUT2D eigenvalue weighted by atomic mass is 32.1. The van der Waals surface area contributed by atoms with Gasteiger partial charge in [-0.25, -0.2) is 14.4 Å². The second kappa shape index (κ2) is 7.12. The van der Waals surface area contributed by atoms with Crippen molar-refractivity contribution in [3.8, 4) is 5.75 Å². The van der Waals surface area contributed by atoms with Gasteiger partial charge in [0.05, 0.1) is 17.5 Å². The minimum Gasteiger partial charge on any atom is -0.495 e. The molecule has 3 rings (SSSR count). The van der Waals surface area contributed by atoms with Crippen molar-refractivity contribution in [2.24, 2.45) is 0 Å². The number of amides is 2. The summed E-state index contributed by atoms with van der Waals surface area (Å²) in [7, 11) is 3.07. The van der Waals surface area contributed by atoms with Crippen molar-refractivity contribution in [3.05, 3.63) is 51.9 Å². The summed E-state index contributed by atoms with van der Waals surface area (Å²) in [5.41, 5.74) is 0.226. The maximum absolute atomic E-state index is 12.6. The predicted octanol–water partition coefficient (Wildman–Crippen LogP) is 3.54. The zero-order valence-corrected chi connectivity index (χ0v) is 15.5. The van der Waals surface area contributed by atoms with E-state index in [0.29, 0.717) is 21.1 Å². The monoisotopic (exact) mass is 388 g/mol. The first kappa shape index (κ1) is 18.5. The van der Waals surface area contributed by atoms with Crippen LogP contribution in [0.5, 0.6) is 5.75 Å². The number of hydrogen-bond acceptors (Lipinski definition) is 6. The SMILES string of the molecule is COc1cccc(C)c1NC(=O)N(C)c1cc2oc(=O)c(C(=O)O)cc2s1. The van der Waals surface area contributed by atoms with Gasteiger partial charge < -0.3 is 19.6 Å². The molecule has 2 N–H and O–H groups in total. The number of benzene rings is 1. The normalized spacial score (nSPS) is 10.6. The molecule has 0 saturated heterocycles. The number of carboxylic acids is 1. The van der Waals surface area contributed by atoms with E-state index < -0.39 is 23.2 Å². The van der Waals surface area contributed by atoms with Crippen LogP contribution in [0.4, 0.5) is 15.5 Å². The number of ether oxygens (including phenoxy) is 1. The molecule has 2 amide bonds. The van der Waals surface area contributed by atoms with Crippen LogP contribution in [0.25, 0.3) is 10.3 Å². The molecule has 0 spiro atoms. The lowest BCUT2D eigenvalue weighted by Gasteiger charge is -2.18. The third-order valence-corrected chi connectivity index (χ3v) is 5.10. The molecule has 3 aromatic rings. The van der Waals surface area contributed by atoms with Crippen molar-refractivity contribution in [3.63, 3.8) is 0 Å². The summed E-state index contributed by atoms with van der Waals surface area (Å²) in [5, 5.41) is 12.3. The molecule has 0 aliphatic heterocycles. The van der Waals surface area contributed by atoms with E-state index in [1.807, 2.05) is 19.1 Å². The summed E-state index contributed by atoms with van der Waals surface area (Å²) in [4.78, 5) is 36.7. The number of aromatic carboxylic acids is 1. The molecule has 0 fully saturated rings. The molecule has 140 valence electrons. The Kier molecular flexibility index (Phi) is 4.87. The number of nitrogens with zero attached hydrogens (tertiary/aromatic N) is 1. The third kappa shape index (κ3) is 3.49. The molecule has 1 aromatic carbocycles. The summed E-state index contributed by atoms with van der Waals surface area (Å²) in [6.07, 6.45) is 0. The maximum atomic E-state index is 12.6. The number of carbonyl (C=O) groups is 2. The molecule has 0 aliphatic rings. The van der Waals surface area contributed by atoms with E-state index in [4.69, 9.17) is 14.3 Å². The molecule has 0 aliphatic carbocycles. The first-order valence-electron chi connectivity index (χ1n) is 7.81. The fourth-order valence-corrected chi connectivity index (χ4v) is 3.47. The zero-order chi connectivity index (χ0) is 19.7. The van der Waals surface area contributed by atoms with Gasteiger partial charge in [0.25, 0.3) is 0 Å². The summed E-state index contributed by atoms with van der Waals surface area (Å²) in [6, 6.07) is 7.75. The van der Waals surface area contributed by atoms with Crippen LogP contribution in [0.15, 0.2) is 39.5 Å². The molecule has 0 atom stereocenters. The first-order valence-corrected chi connectivity index (χ1v) is 8.62. The number of urea groups is 1. The fraction of sp³-hybridized carbons (Fsp3) is 0.167. The molecule has 0 saturated carbocycles. The zero-order valence-electron chi connectivity index (χ0n) is 14.7. The second-order valence-electron chi connectivity index (χ2n) is 5.71. The van der Waals surface area contributed by atoms with Gasteiger partial charge in [0.15, 0.2) is 5.58 Å². The van der Waals surface area contributed by atoms with Gasteiger partial charge >= 0.3 is 17.6 Å². The van der Waals surface area contributed by atoms with Gasteiger partial charge in [0.1, 0.15) is 16.3 Å². The molecule has 27 heavy (non-hydrogen) atoms. The minimum absolute atomic E-state index is 0.220. The number of rotatable bonds is 4. The lowest BCUT2D eigenvalue weighted by atomic mass is 10.2. The van der Waals surface area contributed by atoms with Crippen molar-refractivity contribution >= 4 is 44.3 Å². The predicted molar refractivity (Wildman–Crippen MR) is 102 cm³/mol. The van der Waals surface area contributed by atoms with Crippen molar-refractivity contribution in [2.75, 3.05) is 24.4 Å². The minimum atomic E-state index is -1.36. The van der Waals surface area contributed by atoms with Gasteiger partial charge in [0.2, 0.25) is 0 Å². The lowest BCUT2D eigenvalue weighted by Crippen LogP contribution is -2.30. The first-order chi connectivity index (χ1) is 12.8. The largest absolute Gasteiger partial charge is 0.495 e. The van der Waals surface area contributed by atoms with Gasteiger partial charge in [-0.1, -0.05) is 12.1 Å². The number of carboxylic acid groups (broad SMARTS) is 1. The van der Waals surface area contributed by atoms with E-state index in [1.54, 1.807) is 13.1 Å². The fourth-order valence-electron chi connectivity index (χ4n) is 2.48. The molecule has 8 nitrogen and oxygen atoms in total. The van der Waals surface area contributed by atoms with Gasteiger partial charge in [-0.2, -0.15) is 0 Å². The van der Waals surface area contributed by atoms with Crippen LogP contribution >= 0.6 is 11.3 Å². The van der Waals surface area contributed by atoms with Crippen LogP contribution in [-0.2, 0) is 0 Å². The Labute approximate surface area is 157 Å². The summed E-state index contributed by atoms with van der Waals surface area (Å²) >= 11 is 1.14. The number of anilines is 2. The number of fused-ring (bicyclic) bond motifs is 1. The van der Waals surface area contributed by atoms with Crippen LogP contribution in [0.1, 0.15) is 15.9 Å². The summed E-state index contributed by atoms with van der Waals surface area (Å²) < 4.78 is 10.8. The van der Waals surface area contributed by atoms with Crippen LogP contribution in [0.2, 0.25) is 0 Å². The lowest BCUT2D eigenvalue weighted by molar-refractivity contribution is 0.0692. The molecule has 0 radical (unpaired) electrons. The Morgan fingerprint density at radius 1 is 1.30 bits per heavy atom. The number of nitrogens with one attached hydrogen (secondary N) is 1. The maximum Gasteiger partial charge on any atom is 0.351 e. The molecule has 0 bridgehead atoms. The number of methoxy groups -OCH3 is 1. The number of hydrogen-bond donors (Lipinski definition) is 2. The van der Waals surface area contributed by atoms with Crippen molar-refractivity contribution < 1.29 is 23.8 Å². The number of para-hydroxylation sites is 1. The van der Waals surface area contributed by atoms with E-state index >= 15 is 0 Å². The topological polar surface area (TPSA) is 109 Å². The van der Waals surface area contributed by atoms with Gasteiger partial charge in [-0.3, -0.25) is 4.90 Å². The van der Waals surface area contributed by atoms with E-state index in [9.17, 15) is 14.4 Å². The van der Waals surface area contributed by atoms with Crippen molar-refractivity contribution in [1.29, 1.82) is 0 Å². The third-order valence-electron chi connectivity index (χ3n) is 3.96. The standard InChI is InChI=1S/C18H16N2O6S/c1-9-5-4-6-11(25-3)15(9)19-18(24)20(2)14-8-12-13(27-14)7-10(16(21)22)17(23)26-12/h4-8H,1-3H3,(H,19,24)(H,21,22). The van der Waals surface area contributed by atoms with E-state index in [-0.39, 0.29) is 5.58 Å². The van der Waals surface area contributed by atoms with Crippen molar-refractivity contribution in [2.45, 2.75) is 6.92 Å². The van der Waals surface area contributed by atoms with E-state index in [2.05, 4.69) is 5.32 Å². The number of aryl methyl sites for hydroxylation is 1. The van der Waals surface area contributed by atoms with Crippen LogP contribution in [0, 0.1) is 6.92 Å². The molecular formula is C18H16N2O6S. The smallest absolute Gasteiger partial charge is 0.351 e. The Bertz CT molecular complexity index is 1100. The van der Waals surface area contributed by atoms with Gasteiger partial charge in [-0.15, -0.1) is 11.3 Å². The summed E-state index contributed by atoms with van der Waals surface area (Å²) in [6.45, 7) is 1.85. The van der Waals surface area contributed by atoms with Crippen LogP contribution in [-0.4, -0.2) is 31.3 Å². The molecule has 9 heteroatoms. The van der Waals surface area contributed by atoms with Gasteiger partial charge in [-0.05, 0) is 24.6 Å².